The molecule has 0 amide bonds. The normalized spacial score (nSPS) is 14.4. The third kappa shape index (κ3) is 2.79. The summed E-state index contributed by atoms with van der Waals surface area (Å²) in [6.07, 6.45) is 6.93. The summed E-state index contributed by atoms with van der Waals surface area (Å²) in [5.74, 6) is 1.27. The third-order valence-electron chi connectivity index (χ3n) is 3.69. The fourth-order valence-corrected chi connectivity index (χ4v) is 2.43. The lowest BCUT2D eigenvalue weighted by molar-refractivity contribution is 0.767. The van der Waals surface area contributed by atoms with Crippen LogP contribution < -0.4 is 5.56 Å². The van der Waals surface area contributed by atoms with Crippen molar-refractivity contribution in [3.05, 3.63) is 46.0 Å². The van der Waals surface area contributed by atoms with Crippen molar-refractivity contribution in [3.8, 4) is 11.5 Å². The van der Waals surface area contributed by atoms with Gasteiger partial charge in [-0.2, -0.15) is 0 Å². The van der Waals surface area contributed by atoms with Crippen LogP contribution in [0.25, 0.3) is 11.5 Å². The summed E-state index contributed by atoms with van der Waals surface area (Å²) in [7, 11) is 0. The Kier molecular flexibility index (Phi) is 3.63. The zero-order valence-corrected chi connectivity index (χ0v) is 11.7. The minimum Gasteiger partial charge on any atom is -0.305 e. The SMILES string of the molecule is CCCc1nc(-c2ccccn2)[nH]c(=O)c1CC1CC1. The fourth-order valence-electron chi connectivity index (χ4n) is 2.43. The number of nitrogens with one attached hydrogen (secondary N) is 1. The van der Waals surface area contributed by atoms with Gasteiger partial charge in [0.05, 0.1) is 5.69 Å². The van der Waals surface area contributed by atoms with Crippen LogP contribution in [0.5, 0.6) is 0 Å². The molecule has 0 unspecified atom stereocenters. The minimum absolute atomic E-state index is 0.0102. The van der Waals surface area contributed by atoms with Crippen molar-refractivity contribution < 1.29 is 0 Å². The number of H-pyrrole nitrogens is 1. The van der Waals surface area contributed by atoms with E-state index < -0.39 is 0 Å². The standard InChI is InChI=1S/C16H19N3O/c1-2-5-13-12(10-11-7-8-11)16(20)19-15(18-13)14-6-3-4-9-17-14/h3-4,6,9,11H,2,5,7-8,10H2,1H3,(H,18,19,20). The Hall–Kier alpha value is -1.97. The van der Waals surface area contributed by atoms with E-state index in [0.717, 1.165) is 36.2 Å². The molecule has 1 aliphatic carbocycles. The maximum Gasteiger partial charge on any atom is 0.254 e. The highest BCUT2D eigenvalue weighted by Crippen LogP contribution is 2.32. The Morgan fingerprint density at radius 3 is 2.85 bits per heavy atom. The topological polar surface area (TPSA) is 58.6 Å². The molecule has 20 heavy (non-hydrogen) atoms. The van der Waals surface area contributed by atoms with Crippen molar-refractivity contribution in [2.75, 3.05) is 0 Å². The van der Waals surface area contributed by atoms with Crippen LogP contribution in [0, 0.1) is 5.92 Å². The second-order valence-corrected chi connectivity index (χ2v) is 5.45. The molecule has 1 fully saturated rings. The van der Waals surface area contributed by atoms with Crippen LogP contribution >= 0.6 is 0 Å². The number of pyridine rings is 1. The molecule has 2 aromatic heterocycles. The van der Waals surface area contributed by atoms with Crippen LogP contribution in [0.1, 0.15) is 37.4 Å². The van der Waals surface area contributed by atoms with Crippen molar-refractivity contribution in [3.63, 3.8) is 0 Å². The highest BCUT2D eigenvalue weighted by molar-refractivity contribution is 5.48. The summed E-state index contributed by atoms with van der Waals surface area (Å²) in [6, 6.07) is 5.63. The largest absolute Gasteiger partial charge is 0.305 e. The van der Waals surface area contributed by atoms with Crippen LogP contribution in [0.3, 0.4) is 0 Å². The Balaban J connectivity index is 2.03. The molecule has 0 aromatic carbocycles. The van der Waals surface area contributed by atoms with Gasteiger partial charge < -0.3 is 4.98 Å². The second-order valence-electron chi connectivity index (χ2n) is 5.45. The maximum atomic E-state index is 12.3. The predicted octanol–water partition coefficient (Wildman–Crippen LogP) is 2.74. The van der Waals surface area contributed by atoms with Gasteiger partial charge >= 0.3 is 0 Å². The van der Waals surface area contributed by atoms with E-state index in [4.69, 9.17) is 0 Å². The van der Waals surface area contributed by atoms with Crippen molar-refractivity contribution in [1.82, 2.24) is 15.0 Å². The van der Waals surface area contributed by atoms with E-state index in [2.05, 4.69) is 21.9 Å². The Morgan fingerprint density at radius 2 is 2.20 bits per heavy atom. The first-order valence-electron chi connectivity index (χ1n) is 7.31. The summed E-state index contributed by atoms with van der Waals surface area (Å²) >= 11 is 0. The highest BCUT2D eigenvalue weighted by Gasteiger charge is 2.25. The van der Waals surface area contributed by atoms with Crippen molar-refractivity contribution in [2.45, 2.75) is 39.0 Å². The van der Waals surface area contributed by atoms with Gasteiger partial charge in [0.2, 0.25) is 0 Å². The molecule has 3 rings (SSSR count). The number of nitrogens with zero attached hydrogens (tertiary/aromatic N) is 2. The van der Waals surface area contributed by atoms with E-state index in [1.807, 2.05) is 18.2 Å². The van der Waals surface area contributed by atoms with Crippen molar-refractivity contribution >= 4 is 0 Å². The van der Waals surface area contributed by atoms with Crippen LogP contribution in [0.4, 0.5) is 0 Å². The van der Waals surface area contributed by atoms with Crippen LogP contribution in [-0.2, 0) is 12.8 Å². The first-order chi connectivity index (χ1) is 9.78. The summed E-state index contributed by atoms with van der Waals surface area (Å²) in [6.45, 7) is 2.12. The monoisotopic (exact) mass is 269 g/mol. The molecule has 1 N–H and O–H groups in total. The minimum atomic E-state index is 0.0102. The third-order valence-corrected chi connectivity index (χ3v) is 3.69. The molecule has 0 saturated heterocycles. The van der Waals surface area contributed by atoms with Crippen LogP contribution in [0.2, 0.25) is 0 Å². The van der Waals surface area contributed by atoms with Gasteiger partial charge in [0.15, 0.2) is 5.82 Å². The summed E-state index contributed by atoms with van der Waals surface area (Å²) in [5, 5.41) is 0. The van der Waals surface area contributed by atoms with E-state index in [9.17, 15) is 4.79 Å². The van der Waals surface area contributed by atoms with Crippen LogP contribution in [-0.4, -0.2) is 15.0 Å². The molecule has 104 valence electrons. The van der Waals surface area contributed by atoms with Gasteiger partial charge in [-0.1, -0.05) is 19.4 Å². The molecule has 4 nitrogen and oxygen atoms in total. The van der Waals surface area contributed by atoms with Gasteiger partial charge in [-0.3, -0.25) is 9.78 Å². The predicted molar refractivity (Wildman–Crippen MR) is 78.5 cm³/mol. The van der Waals surface area contributed by atoms with Gasteiger partial charge in [-0.05, 0) is 43.7 Å². The van der Waals surface area contributed by atoms with Gasteiger partial charge in [0.1, 0.15) is 5.69 Å². The number of hydrogen-bond acceptors (Lipinski definition) is 3. The lowest BCUT2D eigenvalue weighted by Crippen LogP contribution is -2.19. The molecule has 2 heterocycles. The molecule has 1 saturated carbocycles. The quantitative estimate of drug-likeness (QED) is 0.908. The summed E-state index contributed by atoms with van der Waals surface area (Å²) in [4.78, 5) is 24.2. The number of rotatable bonds is 5. The van der Waals surface area contributed by atoms with E-state index in [1.165, 1.54) is 12.8 Å². The number of aryl methyl sites for hydroxylation is 1. The Bertz CT molecular complexity index is 645. The first kappa shape index (κ1) is 13.0. The number of aromatic nitrogens is 3. The van der Waals surface area contributed by atoms with E-state index in [0.29, 0.717) is 11.7 Å². The lowest BCUT2D eigenvalue weighted by atomic mass is 10.1. The van der Waals surface area contributed by atoms with E-state index in [-0.39, 0.29) is 5.56 Å². The van der Waals surface area contributed by atoms with Gasteiger partial charge in [0.25, 0.3) is 5.56 Å². The van der Waals surface area contributed by atoms with Crippen molar-refractivity contribution in [2.24, 2.45) is 5.92 Å². The second kappa shape index (κ2) is 5.57. The average molecular weight is 269 g/mol. The van der Waals surface area contributed by atoms with E-state index >= 15 is 0 Å². The van der Waals surface area contributed by atoms with Gasteiger partial charge in [-0.15, -0.1) is 0 Å². The molecule has 1 aliphatic rings. The van der Waals surface area contributed by atoms with Crippen molar-refractivity contribution in [1.29, 1.82) is 0 Å². The number of aromatic amines is 1. The summed E-state index contributed by atoms with van der Waals surface area (Å²) in [5.41, 5.74) is 2.56. The smallest absolute Gasteiger partial charge is 0.254 e. The Labute approximate surface area is 118 Å². The van der Waals surface area contributed by atoms with Gasteiger partial charge in [0, 0.05) is 11.8 Å². The zero-order chi connectivity index (χ0) is 13.9. The molecule has 2 aromatic rings. The van der Waals surface area contributed by atoms with Crippen LogP contribution in [0.15, 0.2) is 29.2 Å². The molecule has 0 radical (unpaired) electrons. The lowest BCUT2D eigenvalue weighted by Gasteiger charge is -2.09. The average Bonchev–Trinajstić information content (AvgIpc) is 3.27. The van der Waals surface area contributed by atoms with Gasteiger partial charge in [-0.25, -0.2) is 4.98 Å². The molecular weight excluding hydrogens is 250 g/mol. The summed E-state index contributed by atoms with van der Waals surface area (Å²) < 4.78 is 0. The first-order valence-corrected chi connectivity index (χ1v) is 7.31. The fraction of sp³-hybridized carbons (Fsp3) is 0.438. The number of hydrogen-bond donors (Lipinski definition) is 1. The molecule has 0 bridgehead atoms. The van der Waals surface area contributed by atoms with E-state index in [1.54, 1.807) is 6.20 Å². The highest BCUT2D eigenvalue weighted by atomic mass is 16.1. The molecule has 0 aliphatic heterocycles. The zero-order valence-electron chi connectivity index (χ0n) is 11.7. The maximum absolute atomic E-state index is 12.3. The molecule has 0 atom stereocenters. The molecule has 4 heteroatoms. The molecule has 0 spiro atoms. The molecular formula is C16H19N3O. The Morgan fingerprint density at radius 1 is 1.35 bits per heavy atom.